The Balaban J connectivity index is 2.65. The first-order valence-corrected chi connectivity index (χ1v) is 7.16. The monoisotopic (exact) mass is 303 g/mol. The van der Waals surface area contributed by atoms with Crippen molar-refractivity contribution >= 4 is 28.6 Å². The molecular weight excluding hydrogens is 285 g/mol. The maximum Gasteiger partial charge on any atom is 0.125 e. The number of benzene rings is 1. The van der Waals surface area contributed by atoms with Crippen molar-refractivity contribution < 1.29 is 4.39 Å². The molecule has 0 saturated heterocycles. The summed E-state index contributed by atoms with van der Waals surface area (Å²) in [6, 6.07) is 8.40. The Morgan fingerprint density at radius 1 is 1.33 bits per heavy atom. The number of rotatable bonds is 4. The van der Waals surface area contributed by atoms with E-state index >= 15 is 0 Å². The quantitative estimate of drug-likeness (QED) is 0.876. The van der Waals surface area contributed by atoms with E-state index in [4.69, 9.17) is 18.0 Å². The molecule has 0 spiro atoms. The third kappa shape index (κ3) is 3.19. The van der Waals surface area contributed by atoms with Gasteiger partial charge in [0.1, 0.15) is 10.8 Å². The lowest BCUT2D eigenvalue weighted by Gasteiger charge is -2.26. The summed E-state index contributed by atoms with van der Waals surface area (Å²) in [5.74, 6) is -0.273. The molecule has 0 aliphatic carbocycles. The van der Waals surface area contributed by atoms with Crippen LogP contribution in [0.15, 0.2) is 30.3 Å². The molecule has 0 bridgehead atoms. The largest absolute Gasteiger partial charge is 0.389 e. The van der Waals surface area contributed by atoms with Gasteiger partial charge >= 0.3 is 0 Å². The normalized spacial score (nSPS) is 10.5. The minimum atomic E-state index is -0.273. The molecule has 1 heterocycles. The third-order valence-corrected chi connectivity index (χ3v) is 3.49. The van der Waals surface area contributed by atoms with Crippen molar-refractivity contribution in [2.45, 2.75) is 20.8 Å². The fourth-order valence-electron chi connectivity index (χ4n) is 2.46. The summed E-state index contributed by atoms with van der Waals surface area (Å²) in [5, 5.41) is 0. The standard InChI is InChI=1S/C16H18FN3S/c1-4-20(13-7-5-6-12(17)9-13)14-8-10(2)19-11(3)15(14)16(18)21/h5-9H,4H2,1-3H3,(H2,18,21). The van der Waals surface area contributed by atoms with Gasteiger partial charge in [0, 0.05) is 23.6 Å². The summed E-state index contributed by atoms with van der Waals surface area (Å²) in [5.41, 5.74) is 9.88. The molecule has 110 valence electrons. The summed E-state index contributed by atoms with van der Waals surface area (Å²) in [6.45, 7) is 6.46. The van der Waals surface area contributed by atoms with Gasteiger partial charge in [0.15, 0.2) is 0 Å². The van der Waals surface area contributed by atoms with E-state index in [1.165, 1.54) is 12.1 Å². The van der Waals surface area contributed by atoms with Crippen LogP contribution in [0.2, 0.25) is 0 Å². The molecule has 2 rings (SSSR count). The lowest BCUT2D eigenvalue weighted by atomic mass is 10.1. The molecule has 21 heavy (non-hydrogen) atoms. The maximum atomic E-state index is 13.5. The summed E-state index contributed by atoms with van der Waals surface area (Å²) in [6.07, 6.45) is 0. The molecule has 0 atom stereocenters. The number of anilines is 2. The molecule has 3 nitrogen and oxygen atoms in total. The number of thiocarbonyl (C=S) groups is 1. The van der Waals surface area contributed by atoms with Crippen LogP contribution in [-0.2, 0) is 0 Å². The van der Waals surface area contributed by atoms with E-state index < -0.39 is 0 Å². The van der Waals surface area contributed by atoms with Gasteiger partial charge < -0.3 is 10.6 Å². The van der Waals surface area contributed by atoms with Crippen molar-refractivity contribution in [3.05, 3.63) is 53.1 Å². The van der Waals surface area contributed by atoms with E-state index in [0.29, 0.717) is 11.5 Å². The molecule has 2 N–H and O–H groups in total. The van der Waals surface area contributed by atoms with E-state index in [9.17, 15) is 4.39 Å². The van der Waals surface area contributed by atoms with Crippen LogP contribution >= 0.6 is 12.2 Å². The van der Waals surface area contributed by atoms with Crippen molar-refractivity contribution in [3.63, 3.8) is 0 Å². The van der Waals surface area contributed by atoms with E-state index in [-0.39, 0.29) is 5.82 Å². The SMILES string of the molecule is CCN(c1cccc(F)c1)c1cc(C)nc(C)c1C(N)=S. The number of aryl methyl sites for hydroxylation is 2. The average Bonchev–Trinajstić information content (AvgIpc) is 2.38. The van der Waals surface area contributed by atoms with E-state index in [1.807, 2.05) is 37.8 Å². The molecule has 1 aromatic carbocycles. The summed E-state index contributed by atoms with van der Waals surface area (Å²) < 4.78 is 13.5. The van der Waals surface area contributed by atoms with Crippen LogP contribution < -0.4 is 10.6 Å². The Hall–Kier alpha value is -2.01. The Bertz CT molecular complexity index is 685. The van der Waals surface area contributed by atoms with Crippen LogP contribution in [0.3, 0.4) is 0 Å². The van der Waals surface area contributed by atoms with Crippen molar-refractivity contribution in [2.24, 2.45) is 5.73 Å². The zero-order valence-electron chi connectivity index (χ0n) is 12.4. The second-order valence-electron chi connectivity index (χ2n) is 4.83. The van der Waals surface area contributed by atoms with Gasteiger partial charge in [0.05, 0.1) is 11.3 Å². The number of nitrogens with two attached hydrogens (primary N) is 1. The highest BCUT2D eigenvalue weighted by Crippen LogP contribution is 2.30. The Morgan fingerprint density at radius 3 is 2.62 bits per heavy atom. The number of nitrogens with zero attached hydrogens (tertiary/aromatic N) is 2. The Labute approximate surface area is 129 Å². The van der Waals surface area contributed by atoms with Crippen molar-refractivity contribution in [1.82, 2.24) is 4.98 Å². The fraction of sp³-hybridized carbons (Fsp3) is 0.250. The van der Waals surface area contributed by atoms with E-state index in [1.54, 1.807) is 6.07 Å². The van der Waals surface area contributed by atoms with Crippen LogP contribution in [0.25, 0.3) is 0 Å². The van der Waals surface area contributed by atoms with Crippen molar-refractivity contribution in [3.8, 4) is 0 Å². The van der Waals surface area contributed by atoms with Gasteiger partial charge in [-0.3, -0.25) is 4.98 Å². The highest BCUT2D eigenvalue weighted by molar-refractivity contribution is 7.80. The van der Waals surface area contributed by atoms with Gasteiger partial charge in [-0.2, -0.15) is 0 Å². The highest BCUT2D eigenvalue weighted by atomic mass is 32.1. The average molecular weight is 303 g/mol. The molecule has 0 radical (unpaired) electrons. The predicted octanol–water partition coefficient (Wildman–Crippen LogP) is 3.63. The zero-order chi connectivity index (χ0) is 15.6. The number of aromatic nitrogens is 1. The second kappa shape index (κ2) is 6.18. The van der Waals surface area contributed by atoms with Gasteiger partial charge in [0.2, 0.25) is 0 Å². The molecule has 1 aromatic heterocycles. The molecule has 0 amide bonds. The van der Waals surface area contributed by atoms with Gasteiger partial charge in [0.25, 0.3) is 0 Å². The molecule has 5 heteroatoms. The third-order valence-electron chi connectivity index (χ3n) is 3.28. The minimum absolute atomic E-state index is 0.273. The molecule has 0 saturated carbocycles. The smallest absolute Gasteiger partial charge is 0.125 e. The number of hydrogen-bond acceptors (Lipinski definition) is 3. The Morgan fingerprint density at radius 2 is 2.05 bits per heavy atom. The maximum absolute atomic E-state index is 13.5. The summed E-state index contributed by atoms with van der Waals surface area (Å²) in [4.78, 5) is 6.70. The van der Waals surface area contributed by atoms with E-state index in [0.717, 1.165) is 28.3 Å². The van der Waals surface area contributed by atoms with Crippen LogP contribution in [0, 0.1) is 19.7 Å². The van der Waals surface area contributed by atoms with Crippen LogP contribution in [0.1, 0.15) is 23.9 Å². The summed E-state index contributed by atoms with van der Waals surface area (Å²) in [7, 11) is 0. The number of hydrogen-bond donors (Lipinski definition) is 1. The molecule has 2 aromatic rings. The first-order valence-electron chi connectivity index (χ1n) is 6.75. The topological polar surface area (TPSA) is 42.2 Å². The van der Waals surface area contributed by atoms with Crippen molar-refractivity contribution in [2.75, 3.05) is 11.4 Å². The molecular formula is C16H18FN3S. The fourth-order valence-corrected chi connectivity index (χ4v) is 2.71. The van der Waals surface area contributed by atoms with E-state index in [2.05, 4.69) is 4.98 Å². The number of pyridine rings is 1. The minimum Gasteiger partial charge on any atom is -0.389 e. The predicted molar refractivity (Wildman–Crippen MR) is 88.7 cm³/mol. The van der Waals surface area contributed by atoms with Crippen LogP contribution in [0.4, 0.5) is 15.8 Å². The Kier molecular flexibility index (Phi) is 4.53. The van der Waals surface area contributed by atoms with Gasteiger partial charge in [-0.15, -0.1) is 0 Å². The van der Waals surface area contributed by atoms with Crippen LogP contribution in [-0.4, -0.2) is 16.5 Å². The molecule has 0 unspecified atom stereocenters. The van der Waals surface area contributed by atoms with Crippen LogP contribution in [0.5, 0.6) is 0 Å². The van der Waals surface area contributed by atoms with Crippen molar-refractivity contribution in [1.29, 1.82) is 0 Å². The van der Waals surface area contributed by atoms with Gasteiger partial charge in [-0.25, -0.2) is 4.39 Å². The van der Waals surface area contributed by atoms with Gasteiger partial charge in [-0.1, -0.05) is 18.3 Å². The first-order chi connectivity index (χ1) is 9.93. The molecule has 0 aliphatic rings. The lowest BCUT2D eigenvalue weighted by Crippen LogP contribution is -2.23. The highest BCUT2D eigenvalue weighted by Gasteiger charge is 2.17. The summed E-state index contributed by atoms with van der Waals surface area (Å²) >= 11 is 5.16. The zero-order valence-corrected chi connectivity index (χ0v) is 13.2. The molecule has 0 fully saturated rings. The molecule has 0 aliphatic heterocycles. The first kappa shape index (κ1) is 15.4. The second-order valence-corrected chi connectivity index (χ2v) is 5.27. The lowest BCUT2D eigenvalue weighted by molar-refractivity contribution is 0.627. The van der Waals surface area contributed by atoms with Gasteiger partial charge in [-0.05, 0) is 45.0 Å². The number of halogens is 1.